The fraction of sp³-hybridized carbons (Fsp3) is 0.333. The van der Waals surface area contributed by atoms with Gasteiger partial charge in [-0.2, -0.15) is 8.78 Å². The Morgan fingerprint density at radius 1 is 1.36 bits per heavy atom. The van der Waals surface area contributed by atoms with Crippen LogP contribution in [0.5, 0.6) is 5.75 Å². The maximum atomic E-state index is 12.4. The molecule has 0 bridgehead atoms. The first-order valence-electron chi connectivity index (χ1n) is 6.56. The Hall–Kier alpha value is -2.44. The number of esters is 1. The summed E-state index contributed by atoms with van der Waals surface area (Å²) in [5, 5.41) is 8.57. The molecular formula is C15H16F2O5. The van der Waals surface area contributed by atoms with E-state index in [1.807, 2.05) is 0 Å². The van der Waals surface area contributed by atoms with E-state index in [1.54, 1.807) is 13.0 Å². The molecule has 1 aromatic carbocycles. The highest BCUT2D eigenvalue weighted by Gasteiger charge is 2.11. The van der Waals surface area contributed by atoms with Gasteiger partial charge in [-0.15, -0.1) is 0 Å². The number of halogens is 2. The molecule has 1 rings (SSSR count). The fourth-order valence-corrected chi connectivity index (χ4v) is 1.71. The van der Waals surface area contributed by atoms with Crippen molar-refractivity contribution in [3.8, 4) is 5.75 Å². The fourth-order valence-electron chi connectivity index (χ4n) is 1.71. The van der Waals surface area contributed by atoms with E-state index in [9.17, 15) is 18.4 Å². The summed E-state index contributed by atoms with van der Waals surface area (Å²) in [6.07, 6.45) is 2.41. The largest absolute Gasteiger partial charge is 0.478 e. The normalized spacial score (nSPS) is 10.9. The minimum absolute atomic E-state index is 0.117. The van der Waals surface area contributed by atoms with Crippen molar-refractivity contribution >= 4 is 18.0 Å². The number of carbonyl (C=O) groups is 2. The molecule has 0 radical (unpaired) electrons. The van der Waals surface area contributed by atoms with Crippen LogP contribution >= 0.6 is 0 Å². The number of aryl methyl sites for hydroxylation is 1. The van der Waals surface area contributed by atoms with E-state index in [4.69, 9.17) is 9.84 Å². The van der Waals surface area contributed by atoms with Crippen molar-refractivity contribution in [3.05, 3.63) is 35.4 Å². The summed E-state index contributed by atoms with van der Waals surface area (Å²) in [5.41, 5.74) is 0.818. The zero-order valence-electron chi connectivity index (χ0n) is 11.9. The maximum absolute atomic E-state index is 12.4. The zero-order valence-corrected chi connectivity index (χ0v) is 11.9. The number of rotatable bonds is 8. The minimum atomic E-state index is -3.03. The van der Waals surface area contributed by atoms with Crippen molar-refractivity contribution in [2.45, 2.75) is 26.4 Å². The molecule has 0 unspecified atom stereocenters. The Balaban J connectivity index is 2.89. The summed E-state index contributed by atoms with van der Waals surface area (Å²) in [6, 6.07) is 4.42. The second kappa shape index (κ2) is 8.76. The van der Waals surface area contributed by atoms with E-state index in [-0.39, 0.29) is 30.3 Å². The molecule has 0 saturated carbocycles. The molecule has 1 aromatic rings. The summed E-state index contributed by atoms with van der Waals surface area (Å²) >= 11 is 0. The molecule has 0 aromatic heterocycles. The number of alkyl halides is 2. The van der Waals surface area contributed by atoms with Crippen LogP contribution in [-0.2, 0) is 20.7 Å². The van der Waals surface area contributed by atoms with Crippen LogP contribution in [0, 0.1) is 0 Å². The summed E-state index contributed by atoms with van der Waals surface area (Å²) < 4.78 is 34.0. The second-order valence-corrected chi connectivity index (χ2v) is 4.23. The Kier molecular flexibility index (Phi) is 7.01. The van der Waals surface area contributed by atoms with Gasteiger partial charge in [0.05, 0.1) is 6.61 Å². The summed E-state index contributed by atoms with van der Waals surface area (Å²) in [7, 11) is 0. The topological polar surface area (TPSA) is 72.8 Å². The highest BCUT2D eigenvalue weighted by atomic mass is 19.3. The molecule has 0 aliphatic rings. The first-order chi connectivity index (χ1) is 10.4. The van der Waals surface area contributed by atoms with Gasteiger partial charge in [0.2, 0.25) is 0 Å². The molecule has 0 aliphatic carbocycles. The molecule has 120 valence electrons. The van der Waals surface area contributed by atoms with Gasteiger partial charge in [-0.1, -0.05) is 12.1 Å². The molecule has 7 heteroatoms. The van der Waals surface area contributed by atoms with E-state index in [2.05, 4.69) is 4.74 Å². The lowest BCUT2D eigenvalue weighted by Gasteiger charge is -2.10. The van der Waals surface area contributed by atoms with Crippen LogP contribution in [0.1, 0.15) is 24.5 Å². The predicted octanol–water partition coefficient (Wildman–Crippen LogP) is 2.88. The lowest BCUT2D eigenvalue weighted by Crippen LogP contribution is -2.06. The standard InChI is InChI=1S/C15H16F2O5/c1-2-21-14(20)8-4-10-3-5-11(6-7-13(18)19)12(9-10)22-15(16)17/h3,5-7,9,15H,2,4,8H2,1H3,(H,18,19)/b7-6+. The molecule has 0 atom stereocenters. The Morgan fingerprint density at radius 3 is 2.68 bits per heavy atom. The third-order valence-electron chi connectivity index (χ3n) is 2.62. The molecule has 0 fully saturated rings. The maximum Gasteiger partial charge on any atom is 0.387 e. The van der Waals surface area contributed by atoms with Gasteiger partial charge in [-0.25, -0.2) is 4.79 Å². The molecule has 22 heavy (non-hydrogen) atoms. The van der Waals surface area contributed by atoms with Gasteiger partial charge in [-0.3, -0.25) is 4.79 Å². The van der Waals surface area contributed by atoms with E-state index >= 15 is 0 Å². The smallest absolute Gasteiger partial charge is 0.387 e. The van der Waals surface area contributed by atoms with Crippen LogP contribution < -0.4 is 4.74 Å². The molecule has 0 aliphatic heterocycles. The molecule has 0 saturated heterocycles. The number of hydrogen-bond acceptors (Lipinski definition) is 4. The van der Waals surface area contributed by atoms with Gasteiger partial charge < -0.3 is 14.6 Å². The number of ether oxygens (including phenoxy) is 2. The lowest BCUT2D eigenvalue weighted by molar-refractivity contribution is -0.143. The van der Waals surface area contributed by atoms with Gasteiger partial charge in [0.1, 0.15) is 5.75 Å². The first kappa shape index (κ1) is 17.6. The van der Waals surface area contributed by atoms with Gasteiger partial charge in [0, 0.05) is 18.1 Å². The number of carboxylic acid groups (broad SMARTS) is 1. The first-order valence-corrected chi connectivity index (χ1v) is 6.56. The number of hydrogen-bond donors (Lipinski definition) is 1. The number of benzene rings is 1. The SMILES string of the molecule is CCOC(=O)CCc1ccc(/C=C/C(=O)O)c(OC(F)F)c1. The molecule has 5 nitrogen and oxygen atoms in total. The summed E-state index contributed by atoms with van der Waals surface area (Å²) in [5.74, 6) is -1.73. The second-order valence-electron chi connectivity index (χ2n) is 4.23. The van der Waals surface area contributed by atoms with Crippen LogP contribution in [0.3, 0.4) is 0 Å². The van der Waals surface area contributed by atoms with E-state index in [1.165, 1.54) is 12.1 Å². The number of aliphatic carboxylic acids is 1. The van der Waals surface area contributed by atoms with Crippen LogP contribution in [0.15, 0.2) is 24.3 Å². The van der Waals surface area contributed by atoms with Crippen LogP contribution in [0.4, 0.5) is 8.78 Å². The van der Waals surface area contributed by atoms with Crippen LogP contribution in [-0.4, -0.2) is 30.3 Å². The quantitative estimate of drug-likeness (QED) is 0.590. The predicted molar refractivity (Wildman–Crippen MR) is 74.7 cm³/mol. The van der Waals surface area contributed by atoms with Crippen molar-refractivity contribution in [3.63, 3.8) is 0 Å². The van der Waals surface area contributed by atoms with Gasteiger partial charge in [0.15, 0.2) is 0 Å². The minimum Gasteiger partial charge on any atom is -0.478 e. The average molecular weight is 314 g/mol. The monoisotopic (exact) mass is 314 g/mol. The van der Waals surface area contributed by atoms with Crippen molar-refractivity contribution in [1.29, 1.82) is 0 Å². The highest BCUT2D eigenvalue weighted by Crippen LogP contribution is 2.24. The highest BCUT2D eigenvalue weighted by molar-refractivity contribution is 5.86. The van der Waals surface area contributed by atoms with Crippen LogP contribution in [0.2, 0.25) is 0 Å². The Morgan fingerprint density at radius 2 is 2.09 bits per heavy atom. The van der Waals surface area contributed by atoms with Gasteiger partial charge >= 0.3 is 18.6 Å². The van der Waals surface area contributed by atoms with Crippen LogP contribution in [0.25, 0.3) is 6.08 Å². The Labute approximate surface area is 126 Å². The van der Waals surface area contributed by atoms with Crippen molar-refractivity contribution in [1.82, 2.24) is 0 Å². The van der Waals surface area contributed by atoms with Crippen molar-refractivity contribution in [2.24, 2.45) is 0 Å². The number of carbonyl (C=O) groups excluding carboxylic acids is 1. The molecule has 0 spiro atoms. The van der Waals surface area contributed by atoms with Gasteiger partial charge in [-0.05, 0) is 31.1 Å². The van der Waals surface area contributed by atoms with E-state index in [0.29, 0.717) is 12.0 Å². The molecule has 0 heterocycles. The number of carboxylic acids is 1. The zero-order chi connectivity index (χ0) is 16.5. The summed E-state index contributed by atoms with van der Waals surface area (Å²) in [6.45, 7) is -1.06. The van der Waals surface area contributed by atoms with Crippen molar-refractivity contribution in [2.75, 3.05) is 6.61 Å². The third-order valence-corrected chi connectivity index (χ3v) is 2.62. The molecule has 0 amide bonds. The lowest BCUT2D eigenvalue weighted by atomic mass is 10.1. The van der Waals surface area contributed by atoms with Gasteiger partial charge in [0.25, 0.3) is 0 Å². The van der Waals surface area contributed by atoms with Crippen molar-refractivity contribution < 1.29 is 33.0 Å². The summed E-state index contributed by atoms with van der Waals surface area (Å²) in [4.78, 5) is 21.8. The average Bonchev–Trinajstić information content (AvgIpc) is 2.43. The Bertz CT molecular complexity index is 555. The third kappa shape index (κ3) is 6.34. The molecular weight excluding hydrogens is 298 g/mol. The van der Waals surface area contributed by atoms with E-state index in [0.717, 1.165) is 12.2 Å². The van der Waals surface area contributed by atoms with E-state index < -0.39 is 12.6 Å². The molecule has 1 N–H and O–H groups in total.